The van der Waals surface area contributed by atoms with Crippen LogP contribution in [0.25, 0.3) is 0 Å². The number of carbonyl (C=O) groups is 1. The van der Waals surface area contributed by atoms with E-state index < -0.39 is 6.10 Å². The highest BCUT2D eigenvalue weighted by Gasteiger charge is 2.44. The zero-order chi connectivity index (χ0) is 20.5. The first kappa shape index (κ1) is 19.9. The van der Waals surface area contributed by atoms with Gasteiger partial charge in [-0.1, -0.05) is 17.7 Å². The molecule has 4 atom stereocenters. The summed E-state index contributed by atoms with van der Waals surface area (Å²) in [6, 6.07) is 11.8. The van der Waals surface area contributed by atoms with Gasteiger partial charge in [0.1, 0.15) is 23.4 Å². The van der Waals surface area contributed by atoms with Gasteiger partial charge in [0.25, 0.3) is 5.91 Å². The predicted molar refractivity (Wildman–Crippen MR) is 109 cm³/mol. The van der Waals surface area contributed by atoms with Gasteiger partial charge in [-0.05, 0) is 55.0 Å². The lowest BCUT2D eigenvalue weighted by molar-refractivity contribution is -0.0231. The van der Waals surface area contributed by atoms with E-state index in [1.54, 1.807) is 29.2 Å². The second-order valence-corrected chi connectivity index (χ2v) is 8.20. The molecule has 0 radical (unpaired) electrons. The number of ether oxygens (including phenoxy) is 2. The fourth-order valence-electron chi connectivity index (χ4n) is 4.39. The van der Waals surface area contributed by atoms with Gasteiger partial charge < -0.3 is 24.6 Å². The Balaban J connectivity index is 1.44. The summed E-state index contributed by atoms with van der Waals surface area (Å²) in [5, 5.41) is 21.3. The van der Waals surface area contributed by atoms with Crippen LogP contribution in [0.3, 0.4) is 0 Å². The molecule has 2 aromatic rings. The third-order valence-corrected chi connectivity index (χ3v) is 6.13. The van der Waals surface area contributed by atoms with Crippen LogP contribution in [0, 0.1) is 11.8 Å². The van der Waals surface area contributed by atoms with Crippen molar-refractivity contribution in [2.45, 2.75) is 25.0 Å². The number of hydrogen-bond donors (Lipinski definition) is 2. The first-order valence-corrected chi connectivity index (χ1v) is 10.1. The molecule has 0 spiro atoms. The number of hydrogen-bond acceptors (Lipinski definition) is 5. The lowest BCUT2D eigenvalue weighted by Crippen LogP contribution is -2.42. The van der Waals surface area contributed by atoms with E-state index in [2.05, 4.69) is 0 Å². The predicted octanol–water partition coefficient (Wildman–Crippen LogP) is 3.34. The number of aromatic hydroxyl groups is 1. The molecule has 4 rings (SSSR count). The molecule has 6 nitrogen and oxygen atoms in total. The number of aliphatic hydroxyl groups is 1. The van der Waals surface area contributed by atoms with Crippen LogP contribution in [0.2, 0.25) is 5.02 Å². The number of fused-ring (bicyclic) bond motifs is 1. The number of halogens is 1. The van der Waals surface area contributed by atoms with E-state index in [9.17, 15) is 15.0 Å². The van der Waals surface area contributed by atoms with Gasteiger partial charge in [0.05, 0.1) is 18.8 Å². The molecule has 0 unspecified atom stereocenters. The maximum absolute atomic E-state index is 12.9. The van der Waals surface area contributed by atoms with Crippen molar-refractivity contribution in [2.24, 2.45) is 11.8 Å². The molecule has 1 aliphatic carbocycles. The fourth-order valence-corrected chi connectivity index (χ4v) is 4.57. The lowest BCUT2D eigenvalue weighted by Gasteiger charge is -2.35. The summed E-state index contributed by atoms with van der Waals surface area (Å²) < 4.78 is 11.1. The van der Waals surface area contributed by atoms with E-state index in [1.807, 2.05) is 12.1 Å². The van der Waals surface area contributed by atoms with Crippen molar-refractivity contribution in [1.29, 1.82) is 0 Å². The summed E-state index contributed by atoms with van der Waals surface area (Å²) in [6.07, 6.45) is 0.309. The molecule has 2 aliphatic rings. The zero-order valence-electron chi connectivity index (χ0n) is 16.1. The molecule has 1 saturated heterocycles. The Morgan fingerprint density at radius 2 is 1.86 bits per heavy atom. The summed E-state index contributed by atoms with van der Waals surface area (Å²) in [5.41, 5.74) is 0.261. The number of methoxy groups -OCH3 is 1. The van der Waals surface area contributed by atoms with E-state index in [1.165, 1.54) is 13.2 Å². The summed E-state index contributed by atoms with van der Waals surface area (Å²) in [4.78, 5) is 14.7. The molecule has 1 aliphatic heterocycles. The number of rotatable bonds is 4. The fraction of sp³-hybridized carbons (Fsp3) is 0.409. The molecule has 2 fully saturated rings. The Bertz CT molecular complexity index is 905. The molecule has 154 valence electrons. The number of amides is 1. The van der Waals surface area contributed by atoms with E-state index >= 15 is 0 Å². The van der Waals surface area contributed by atoms with Crippen LogP contribution < -0.4 is 9.47 Å². The minimum Gasteiger partial charge on any atom is -0.507 e. The number of phenols is 1. The average Bonchev–Trinajstić information content (AvgIpc) is 3.10. The van der Waals surface area contributed by atoms with E-state index in [-0.39, 0.29) is 35.2 Å². The monoisotopic (exact) mass is 417 g/mol. The number of phenolic OH excluding ortho intramolecular Hbond substituents is 1. The van der Waals surface area contributed by atoms with Gasteiger partial charge in [-0.25, -0.2) is 0 Å². The van der Waals surface area contributed by atoms with Crippen LogP contribution in [0.5, 0.6) is 17.2 Å². The first-order valence-electron chi connectivity index (χ1n) is 9.71. The van der Waals surface area contributed by atoms with Crippen LogP contribution in [-0.2, 0) is 0 Å². The molecule has 1 saturated carbocycles. The van der Waals surface area contributed by atoms with Gasteiger partial charge in [-0.3, -0.25) is 4.79 Å². The number of carbonyl (C=O) groups excluding carboxylic acids is 1. The number of likely N-dealkylation sites (tertiary alicyclic amines) is 1. The number of aliphatic hydroxyl groups excluding tert-OH is 1. The van der Waals surface area contributed by atoms with Gasteiger partial charge in [-0.2, -0.15) is 0 Å². The zero-order valence-corrected chi connectivity index (χ0v) is 16.9. The molecular weight excluding hydrogens is 394 g/mol. The van der Waals surface area contributed by atoms with Crippen LogP contribution >= 0.6 is 11.6 Å². The van der Waals surface area contributed by atoms with Crippen molar-refractivity contribution in [3.63, 3.8) is 0 Å². The maximum atomic E-state index is 12.9. The maximum Gasteiger partial charge on any atom is 0.257 e. The summed E-state index contributed by atoms with van der Waals surface area (Å²) >= 11 is 6.02. The molecule has 1 amide bonds. The number of nitrogens with zero attached hydrogens (tertiary/aromatic N) is 1. The largest absolute Gasteiger partial charge is 0.507 e. The first-order chi connectivity index (χ1) is 13.9. The highest BCUT2D eigenvalue weighted by molar-refractivity contribution is 6.30. The van der Waals surface area contributed by atoms with Crippen LogP contribution in [0.1, 0.15) is 23.2 Å². The van der Waals surface area contributed by atoms with Crippen LogP contribution in [0.15, 0.2) is 42.5 Å². The van der Waals surface area contributed by atoms with Crippen molar-refractivity contribution in [1.82, 2.24) is 4.90 Å². The Hall–Kier alpha value is -2.44. The summed E-state index contributed by atoms with van der Waals surface area (Å²) in [5.74, 6) is 1.29. The minimum atomic E-state index is -0.598. The Morgan fingerprint density at radius 3 is 2.55 bits per heavy atom. The Labute approximate surface area is 174 Å². The Kier molecular flexibility index (Phi) is 5.56. The van der Waals surface area contributed by atoms with Crippen molar-refractivity contribution >= 4 is 17.5 Å². The van der Waals surface area contributed by atoms with Crippen LogP contribution in [0.4, 0.5) is 0 Å². The van der Waals surface area contributed by atoms with Crippen molar-refractivity contribution in [3.8, 4) is 17.2 Å². The third kappa shape index (κ3) is 4.14. The SMILES string of the molecule is COc1ccc(C(=O)N2C[C@H]3C[C@@H](Oc4cccc(Cl)c4)[C@H](O)C[C@H]3C2)c(O)c1. The molecule has 1 heterocycles. The molecule has 7 heteroatoms. The molecule has 0 bridgehead atoms. The third-order valence-electron chi connectivity index (χ3n) is 5.89. The van der Waals surface area contributed by atoms with Gasteiger partial charge >= 0.3 is 0 Å². The van der Waals surface area contributed by atoms with Gasteiger partial charge in [0, 0.05) is 24.2 Å². The molecule has 2 aromatic carbocycles. The van der Waals surface area contributed by atoms with Gasteiger partial charge in [0.15, 0.2) is 0 Å². The minimum absolute atomic E-state index is 0.0913. The molecular formula is C22H24ClNO5. The second kappa shape index (κ2) is 8.13. The normalized spacial score (nSPS) is 26.1. The molecule has 2 N–H and O–H groups in total. The molecule has 29 heavy (non-hydrogen) atoms. The quantitative estimate of drug-likeness (QED) is 0.797. The highest BCUT2D eigenvalue weighted by Crippen LogP contribution is 2.39. The smallest absolute Gasteiger partial charge is 0.257 e. The second-order valence-electron chi connectivity index (χ2n) is 7.77. The van der Waals surface area contributed by atoms with Gasteiger partial charge in [-0.15, -0.1) is 0 Å². The standard InChI is InChI=1S/C22H24ClNO5/c1-28-16-5-6-18(19(25)10-16)22(27)24-11-13-7-20(26)21(8-14(13)12-24)29-17-4-2-3-15(23)9-17/h2-6,9-10,13-14,20-21,25-26H,7-8,11-12H2,1H3/t13-,14+,20+,21+/m0/s1. The average molecular weight is 418 g/mol. The van der Waals surface area contributed by atoms with E-state index in [0.29, 0.717) is 42.5 Å². The lowest BCUT2D eigenvalue weighted by atomic mass is 9.78. The highest BCUT2D eigenvalue weighted by atomic mass is 35.5. The number of benzene rings is 2. The van der Waals surface area contributed by atoms with Crippen LogP contribution in [-0.4, -0.2) is 53.4 Å². The topological polar surface area (TPSA) is 79.2 Å². The van der Waals surface area contributed by atoms with E-state index in [0.717, 1.165) is 0 Å². The van der Waals surface area contributed by atoms with Crippen molar-refractivity contribution in [3.05, 3.63) is 53.1 Å². The van der Waals surface area contributed by atoms with Gasteiger partial charge in [0.2, 0.25) is 0 Å². The Morgan fingerprint density at radius 1 is 1.10 bits per heavy atom. The summed E-state index contributed by atoms with van der Waals surface area (Å²) in [6.45, 7) is 1.15. The van der Waals surface area contributed by atoms with Crippen molar-refractivity contribution in [2.75, 3.05) is 20.2 Å². The van der Waals surface area contributed by atoms with E-state index in [4.69, 9.17) is 21.1 Å². The molecule has 0 aromatic heterocycles. The van der Waals surface area contributed by atoms with Crippen molar-refractivity contribution < 1.29 is 24.5 Å². The summed E-state index contributed by atoms with van der Waals surface area (Å²) in [7, 11) is 1.51.